The van der Waals surface area contributed by atoms with Crippen LogP contribution < -0.4 is 5.32 Å². The van der Waals surface area contributed by atoms with Crippen LogP contribution in [0.2, 0.25) is 0 Å². The number of amides is 2. The highest BCUT2D eigenvalue weighted by Crippen LogP contribution is 2.15. The average Bonchev–Trinajstić information content (AvgIpc) is 2.42. The van der Waals surface area contributed by atoms with Crippen LogP contribution in [0.4, 0.5) is 4.79 Å². The molecule has 122 valence electrons. The maximum Gasteiger partial charge on any atom is 0.326 e. The topological polar surface area (TPSA) is 72.9 Å². The van der Waals surface area contributed by atoms with Crippen LogP contribution >= 0.6 is 11.8 Å². The summed E-state index contributed by atoms with van der Waals surface area (Å²) in [5.41, 5.74) is 0.102. The molecule has 21 heavy (non-hydrogen) atoms. The van der Waals surface area contributed by atoms with E-state index in [2.05, 4.69) is 31.0 Å². The summed E-state index contributed by atoms with van der Waals surface area (Å²) < 4.78 is 0. The van der Waals surface area contributed by atoms with Crippen molar-refractivity contribution in [2.45, 2.75) is 38.8 Å². The van der Waals surface area contributed by atoms with E-state index in [1.54, 1.807) is 16.7 Å². The predicted molar refractivity (Wildman–Crippen MR) is 85.9 cm³/mol. The summed E-state index contributed by atoms with van der Waals surface area (Å²) in [6, 6.07) is -1.07. The minimum absolute atomic E-state index is 0.102. The number of piperazine rings is 1. The van der Waals surface area contributed by atoms with E-state index >= 15 is 0 Å². The van der Waals surface area contributed by atoms with Gasteiger partial charge in [0.25, 0.3) is 0 Å². The van der Waals surface area contributed by atoms with Crippen LogP contribution in [0.3, 0.4) is 0 Å². The second-order valence-corrected chi connectivity index (χ2v) is 7.25. The van der Waals surface area contributed by atoms with E-state index in [0.29, 0.717) is 19.5 Å². The molecule has 0 spiro atoms. The van der Waals surface area contributed by atoms with Crippen LogP contribution in [0.25, 0.3) is 0 Å². The first kappa shape index (κ1) is 18.1. The van der Waals surface area contributed by atoms with Gasteiger partial charge in [-0.1, -0.05) is 0 Å². The van der Waals surface area contributed by atoms with E-state index in [0.717, 1.165) is 18.8 Å². The van der Waals surface area contributed by atoms with E-state index in [1.807, 2.05) is 6.26 Å². The second-order valence-electron chi connectivity index (χ2n) is 6.27. The molecule has 0 unspecified atom stereocenters. The fraction of sp³-hybridized carbons (Fsp3) is 0.857. The summed E-state index contributed by atoms with van der Waals surface area (Å²) in [5.74, 6) is -0.250. The molecule has 0 aromatic carbocycles. The lowest BCUT2D eigenvalue weighted by Crippen LogP contribution is -2.57. The van der Waals surface area contributed by atoms with Crippen molar-refractivity contribution in [2.24, 2.45) is 0 Å². The van der Waals surface area contributed by atoms with Crippen LogP contribution in [0.15, 0.2) is 0 Å². The maximum atomic E-state index is 12.2. The van der Waals surface area contributed by atoms with Gasteiger partial charge in [-0.3, -0.25) is 4.90 Å². The van der Waals surface area contributed by atoms with Crippen LogP contribution in [-0.2, 0) is 4.79 Å². The number of carboxylic acid groups (broad SMARTS) is 1. The third-order valence-electron chi connectivity index (χ3n) is 3.72. The fourth-order valence-corrected chi connectivity index (χ4v) is 2.79. The Labute approximate surface area is 131 Å². The molecule has 1 atom stereocenters. The molecule has 7 heteroatoms. The van der Waals surface area contributed by atoms with Crippen LogP contribution in [0.5, 0.6) is 0 Å². The number of hydrogen-bond acceptors (Lipinski definition) is 4. The van der Waals surface area contributed by atoms with Gasteiger partial charge in [0, 0.05) is 31.7 Å². The first-order valence-electron chi connectivity index (χ1n) is 7.28. The Kier molecular flexibility index (Phi) is 6.80. The summed E-state index contributed by atoms with van der Waals surface area (Å²) in [6.45, 7) is 9.39. The normalized spacial score (nSPS) is 18.4. The number of urea groups is 1. The first-order chi connectivity index (χ1) is 9.75. The van der Waals surface area contributed by atoms with Crippen molar-refractivity contribution in [3.8, 4) is 0 Å². The molecule has 1 aliphatic heterocycles. The van der Waals surface area contributed by atoms with Crippen LogP contribution in [0.1, 0.15) is 27.2 Å². The molecule has 0 radical (unpaired) electrons. The number of carboxylic acids is 1. The Morgan fingerprint density at radius 3 is 2.24 bits per heavy atom. The Balaban J connectivity index is 2.47. The molecule has 1 rings (SSSR count). The van der Waals surface area contributed by atoms with Crippen molar-refractivity contribution in [2.75, 3.05) is 38.2 Å². The van der Waals surface area contributed by atoms with Crippen molar-refractivity contribution in [1.29, 1.82) is 0 Å². The Hall–Kier alpha value is -0.950. The second kappa shape index (κ2) is 7.89. The zero-order valence-corrected chi connectivity index (χ0v) is 14.2. The molecule has 1 fully saturated rings. The van der Waals surface area contributed by atoms with Gasteiger partial charge in [-0.05, 0) is 39.2 Å². The molecule has 0 bridgehead atoms. The van der Waals surface area contributed by atoms with E-state index in [1.165, 1.54) is 0 Å². The van der Waals surface area contributed by atoms with Gasteiger partial charge in [0.1, 0.15) is 6.04 Å². The number of hydrogen-bond donors (Lipinski definition) is 2. The highest BCUT2D eigenvalue weighted by atomic mass is 32.2. The summed E-state index contributed by atoms with van der Waals surface area (Å²) in [6.07, 6.45) is 2.37. The number of aliphatic carboxylic acids is 1. The van der Waals surface area contributed by atoms with Gasteiger partial charge in [0.2, 0.25) is 0 Å². The van der Waals surface area contributed by atoms with Crippen LogP contribution in [0, 0.1) is 0 Å². The number of nitrogens with one attached hydrogen (secondary N) is 1. The van der Waals surface area contributed by atoms with Gasteiger partial charge in [-0.25, -0.2) is 9.59 Å². The minimum Gasteiger partial charge on any atom is -0.480 e. The van der Waals surface area contributed by atoms with Gasteiger partial charge < -0.3 is 15.3 Å². The molecule has 2 N–H and O–H groups in total. The molecule has 6 nitrogen and oxygen atoms in total. The van der Waals surface area contributed by atoms with Crippen molar-refractivity contribution in [3.05, 3.63) is 0 Å². The van der Waals surface area contributed by atoms with Crippen molar-refractivity contribution in [1.82, 2.24) is 15.1 Å². The lowest BCUT2D eigenvalue weighted by molar-refractivity contribution is -0.139. The molecular weight excluding hydrogens is 290 g/mol. The van der Waals surface area contributed by atoms with Crippen molar-refractivity contribution in [3.63, 3.8) is 0 Å². The zero-order chi connectivity index (χ0) is 16.0. The first-order valence-corrected chi connectivity index (χ1v) is 8.67. The number of nitrogens with zero attached hydrogens (tertiary/aromatic N) is 2. The highest BCUT2D eigenvalue weighted by Gasteiger charge is 2.29. The van der Waals surface area contributed by atoms with Gasteiger partial charge >= 0.3 is 12.0 Å². The monoisotopic (exact) mass is 317 g/mol. The number of rotatable bonds is 5. The predicted octanol–water partition coefficient (Wildman–Crippen LogP) is 1.32. The molecule has 0 aromatic rings. The summed E-state index contributed by atoms with van der Waals surface area (Å²) in [5, 5.41) is 11.8. The summed E-state index contributed by atoms with van der Waals surface area (Å²) >= 11 is 1.58. The smallest absolute Gasteiger partial charge is 0.326 e. The molecule has 0 aromatic heterocycles. The molecule has 1 aliphatic rings. The summed E-state index contributed by atoms with van der Waals surface area (Å²) in [7, 11) is 0. The van der Waals surface area contributed by atoms with E-state index in [9.17, 15) is 9.59 Å². The SMILES string of the molecule is CSCC[C@@H](NC(=O)N1CCN(C(C)(C)C)CC1)C(=O)O. The van der Waals surface area contributed by atoms with Gasteiger partial charge in [-0.15, -0.1) is 0 Å². The minimum atomic E-state index is -0.967. The molecular formula is C14H27N3O3S. The zero-order valence-electron chi connectivity index (χ0n) is 13.4. The Bertz CT molecular complexity index is 363. The standard InChI is InChI=1S/C14H27N3O3S/c1-14(2,3)17-8-6-16(7-9-17)13(20)15-11(12(18)19)5-10-21-4/h11H,5-10H2,1-4H3,(H,15,20)(H,18,19)/t11-/m1/s1. The highest BCUT2D eigenvalue weighted by molar-refractivity contribution is 7.98. The van der Waals surface area contributed by atoms with Gasteiger partial charge in [0.15, 0.2) is 0 Å². The average molecular weight is 317 g/mol. The maximum absolute atomic E-state index is 12.2. The summed E-state index contributed by atoms with van der Waals surface area (Å²) in [4.78, 5) is 27.4. The fourth-order valence-electron chi connectivity index (χ4n) is 2.31. The van der Waals surface area contributed by atoms with E-state index < -0.39 is 12.0 Å². The van der Waals surface area contributed by atoms with Crippen molar-refractivity contribution < 1.29 is 14.7 Å². The third-order valence-corrected chi connectivity index (χ3v) is 4.37. The van der Waals surface area contributed by atoms with Gasteiger partial charge in [-0.2, -0.15) is 11.8 Å². The van der Waals surface area contributed by atoms with Gasteiger partial charge in [0.05, 0.1) is 0 Å². The largest absolute Gasteiger partial charge is 0.480 e. The molecule has 0 saturated carbocycles. The number of thioether (sulfide) groups is 1. The lowest BCUT2D eigenvalue weighted by Gasteiger charge is -2.42. The number of carbonyl (C=O) groups excluding carboxylic acids is 1. The molecule has 2 amide bonds. The number of carbonyl (C=O) groups is 2. The molecule has 0 aliphatic carbocycles. The van der Waals surface area contributed by atoms with Crippen molar-refractivity contribution >= 4 is 23.8 Å². The quantitative estimate of drug-likeness (QED) is 0.800. The van der Waals surface area contributed by atoms with Crippen LogP contribution in [-0.4, -0.2) is 76.7 Å². The third kappa shape index (κ3) is 5.74. The Morgan fingerprint density at radius 2 is 1.81 bits per heavy atom. The Morgan fingerprint density at radius 1 is 1.24 bits per heavy atom. The molecule has 1 saturated heterocycles. The molecule has 1 heterocycles. The lowest BCUT2D eigenvalue weighted by atomic mass is 10.1. The van der Waals surface area contributed by atoms with E-state index in [-0.39, 0.29) is 11.6 Å². The van der Waals surface area contributed by atoms with E-state index in [4.69, 9.17) is 5.11 Å².